The van der Waals surface area contributed by atoms with Gasteiger partial charge in [0, 0.05) is 6.54 Å². The van der Waals surface area contributed by atoms with Crippen molar-refractivity contribution in [2.45, 2.75) is 0 Å². The molecular weight excluding hydrogens is 164 g/mol. The first-order valence-corrected chi connectivity index (χ1v) is 3.44. The van der Waals surface area contributed by atoms with Crippen LogP contribution in [0.25, 0.3) is 0 Å². The zero-order valence-electron chi connectivity index (χ0n) is 6.58. The third-order valence-corrected chi connectivity index (χ3v) is 0.991. The summed E-state index contributed by atoms with van der Waals surface area (Å²) >= 11 is 0. The van der Waals surface area contributed by atoms with Gasteiger partial charge in [-0.3, -0.25) is 9.59 Å². The first-order chi connectivity index (χ1) is 5.68. The van der Waals surface area contributed by atoms with E-state index < -0.39 is 11.8 Å². The van der Waals surface area contributed by atoms with Crippen molar-refractivity contribution in [2.24, 2.45) is 5.73 Å². The normalized spacial score (nSPS) is 9.42. The van der Waals surface area contributed by atoms with Crippen LogP contribution in [0.2, 0.25) is 0 Å². The smallest absolute Gasteiger partial charge is 0.309 e. The van der Waals surface area contributed by atoms with Crippen LogP contribution in [0.4, 0.5) is 0 Å². The van der Waals surface area contributed by atoms with Gasteiger partial charge in [0.25, 0.3) is 0 Å². The molecule has 4 N–H and O–H groups in total. The second-order valence-electron chi connectivity index (χ2n) is 1.96. The van der Waals surface area contributed by atoms with Crippen molar-refractivity contribution in [3.63, 3.8) is 0 Å². The van der Waals surface area contributed by atoms with Crippen LogP contribution in [0, 0.1) is 0 Å². The molecule has 0 saturated carbocycles. The molecule has 0 rings (SSSR count). The van der Waals surface area contributed by atoms with Gasteiger partial charge in [-0.1, -0.05) is 0 Å². The molecule has 0 heterocycles. The number of ether oxygens (including phenoxy) is 1. The van der Waals surface area contributed by atoms with Gasteiger partial charge in [-0.25, -0.2) is 0 Å². The summed E-state index contributed by atoms with van der Waals surface area (Å²) in [4.78, 5) is 20.6. The van der Waals surface area contributed by atoms with Gasteiger partial charge in [0.2, 0.25) is 0 Å². The van der Waals surface area contributed by atoms with Gasteiger partial charge >= 0.3 is 11.8 Å². The van der Waals surface area contributed by atoms with Crippen LogP contribution >= 0.6 is 0 Å². The molecule has 70 valence electrons. The summed E-state index contributed by atoms with van der Waals surface area (Å²) in [7, 11) is 0. The predicted molar refractivity (Wildman–Crippen MR) is 40.1 cm³/mol. The van der Waals surface area contributed by atoms with E-state index >= 15 is 0 Å². The fourth-order valence-electron chi connectivity index (χ4n) is 0.490. The van der Waals surface area contributed by atoms with E-state index in [0.717, 1.165) is 0 Å². The van der Waals surface area contributed by atoms with E-state index in [-0.39, 0.29) is 26.4 Å². The monoisotopic (exact) mass is 176 g/mol. The van der Waals surface area contributed by atoms with E-state index in [0.29, 0.717) is 0 Å². The topological polar surface area (TPSA) is 102 Å². The molecule has 0 fully saturated rings. The molecule has 0 aliphatic carbocycles. The minimum atomic E-state index is -1.02. The van der Waals surface area contributed by atoms with Crippen molar-refractivity contribution < 1.29 is 19.4 Å². The van der Waals surface area contributed by atoms with Crippen LogP contribution in [0.3, 0.4) is 0 Å². The summed E-state index contributed by atoms with van der Waals surface area (Å²) in [6, 6.07) is 0. The molecule has 0 aliphatic rings. The number of carbonyl (C=O) groups is 2. The number of aliphatic hydroxyl groups excluding tert-OH is 1. The number of hydrogen-bond acceptors (Lipinski definition) is 4. The number of primary amides is 1. The molecule has 0 aliphatic heterocycles. The Labute approximate surface area is 69.7 Å². The first-order valence-electron chi connectivity index (χ1n) is 3.44. The summed E-state index contributed by atoms with van der Waals surface area (Å²) in [6.45, 7) is 0.609. The molecule has 6 nitrogen and oxygen atoms in total. The standard InChI is InChI=1S/C6H12N2O4/c7-5(10)6(11)8-1-3-12-4-2-9/h9H,1-4H2,(H2,7,10)(H,8,11). The van der Waals surface area contributed by atoms with Crippen molar-refractivity contribution in [1.82, 2.24) is 5.32 Å². The van der Waals surface area contributed by atoms with Crippen LogP contribution in [-0.4, -0.2) is 43.3 Å². The minimum Gasteiger partial charge on any atom is -0.394 e. The van der Waals surface area contributed by atoms with Gasteiger partial charge in [-0.2, -0.15) is 0 Å². The highest BCUT2D eigenvalue weighted by molar-refractivity contribution is 6.34. The highest BCUT2D eigenvalue weighted by Crippen LogP contribution is 1.71. The number of amides is 2. The summed E-state index contributed by atoms with van der Waals surface area (Å²) in [6.07, 6.45) is 0. The minimum absolute atomic E-state index is 0.0657. The maximum atomic E-state index is 10.5. The lowest BCUT2D eigenvalue weighted by molar-refractivity contribution is -0.137. The molecule has 0 unspecified atom stereocenters. The predicted octanol–water partition coefficient (Wildman–Crippen LogP) is -2.40. The number of nitrogens with one attached hydrogen (secondary N) is 1. The second kappa shape index (κ2) is 6.56. The quantitative estimate of drug-likeness (QED) is 0.321. The molecule has 0 aromatic carbocycles. The number of nitrogens with two attached hydrogens (primary N) is 1. The van der Waals surface area contributed by atoms with Crippen LogP contribution in [0.5, 0.6) is 0 Å². The second-order valence-corrected chi connectivity index (χ2v) is 1.96. The number of rotatable bonds is 5. The zero-order chi connectivity index (χ0) is 9.40. The lowest BCUT2D eigenvalue weighted by atomic mass is 10.5. The molecule has 0 aromatic rings. The molecule has 6 heteroatoms. The van der Waals surface area contributed by atoms with E-state index in [1.54, 1.807) is 0 Å². The Kier molecular flexibility index (Phi) is 5.94. The Bertz CT molecular complexity index is 160. The zero-order valence-corrected chi connectivity index (χ0v) is 6.58. The average Bonchev–Trinajstić information content (AvgIpc) is 2.03. The Morgan fingerprint density at radius 2 is 2.08 bits per heavy atom. The number of carbonyl (C=O) groups excluding carboxylic acids is 2. The molecule has 0 spiro atoms. The van der Waals surface area contributed by atoms with Crippen molar-refractivity contribution in [1.29, 1.82) is 0 Å². The SMILES string of the molecule is NC(=O)C(=O)NCCOCCO. The lowest BCUT2D eigenvalue weighted by Crippen LogP contribution is -2.37. The Morgan fingerprint density at radius 3 is 2.58 bits per heavy atom. The molecule has 0 saturated heterocycles. The molecule has 0 aromatic heterocycles. The van der Waals surface area contributed by atoms with E-state index in [4.69, 9.17) is 9.84 Å². The fraction of sp³-hybridized carbons (Fsp3) is 0.667. The molecule has 2 amide bonds. The summed E-state index contributed by atoms with van der Waals surface area (Å²) in [5.41, 5.74) is 4.65. The van der Waals surface area contributed by atoms with E-state index in [9.17, 15) is 9.59 Å². The van der Waals surface area contributed by atoms with Crippen LogP contribution < -0.4 is 11.1 Å². The highest BCUT2D eigenvalue weighted by Gasteiger charge is 2.05. The third-order valence-electron chi connectivity index (χ3n) is 0.991. The summed E-state index contributed by atoms with van der Waals surface area (Å²) in [5, 5.41) is 10.5. The number of hydrogen-bond donors (Lipinski definition) is 3. The van der Waals surface area contributed by atoms with E-state index in [1.165, 1.54) is 0 Å². The van der Waals surface area contributed by atoms with Crippen molar-refractivity contribution in [3.05, 3.63) is 0 Å². The van der Waals surface area contributed by atoms with Gasteiger partial charge in [-0.15, -0.1) is 0 Å². The lowest BCUT2D eigenvalue weighted by Gasteiger charge is -2.02. The number of aliphatic hydroxyl groups is 1. The maximum Gasteiger partial charge on any atom is 0.309 e. The highest BCUT2D eigenvalue weighted by atomic mass is 16.5. The van der Waals surface area contributed by atoms with Crippen molar-refractivity contribution in [2.75, 3.05) is 26.4 Å². The first kappa shape index (κ1) is 10.9. The van der Waals surface area contributed by atoms with Gasteiger partial charge in [0.1, 0.15) is 0 Å². The molecular formula is C6H12N2O4. The van der Waals surface area contributed by atoms with E-state index in [1.807, 2.05) is 0 Å². The van der Waals surface area contributed by atoms with Crippen LogP contribution in [-0.2, 0) is 14.3 Å². The fourth-order valence-corrected chi connectivity index (χ4v) is 0.490. The summed E-state index contributed by atoms with van der Waals surface area (Å²) in [5.74, 6) is -1.85. The van der Waals surface area contributed by atoms with E-state index in [2.05, 4.69) is 11.1 Å². The van der Waals surface area contributed by atoms with Crippen molar-refractivity contribution in [3.8, 4) is 0 Å². The molecule has 0 bridgehead atoms. The maximum absolute atomic E-state index is 10.5. The third kappa shape index (κ3) is 5.63. The largest absolute Gasteiger partial charge is 0.394 e. The van der Waals surface area contributed by atoms with Gasteiger partial charge in [-0.05, 0) is 0 Å². The van der Waals surface area contributed by atoms with Gasteiger partial charge < -0.3 is 20.9 Å². The van der Waals surface area contributed by atoms with Crippen LogP contribution in [0.15, 0.2) is 0 Å². The molecule has 12 heavy (non-hydrogen) atoms. The Hall–Kier alpha value is -1.14. The Morgan fingerprint density at radius 1 is 1.42 bits per heavy atom. The van der Waals surface area contributed by atoms with Crippen molar-refractivity contribution >= 4 is 11.8 Å². The molecule has 0 radical (unpaired) electrons. The average molecular weight is 176 g/mol. The Balaban J connectivity index is 3.20. The van der Waals surface area contributed by atoms with Gasteiger partial charge in [0.15, 0.2) is 0 Å². The van der Waals surface area contributed by atoms with Gasteiger partial charge in [0.05, 0.1) is 19.8 Å². The summed E-state index contributed by atoms with van der Waals surface area (Å²) < 4.78 is 4.80. The molecule has 0 atom stereocenters. The van der Waals surface area contributed by atoms with Crippen LogP contribution in [0.1, 0.15) is 0 Å².